The van der Waals surface area contributed by atoms with E-state index in [9.17, 15) is 0 Å². The van der Waals surface area contributed by atoms with Crippen LogP contribution >= 0.6 is 24.0 Å². The van der Waals surface area contributed by atoms with Gasteiger partial charge in [0.1, 0.15) is 11.9 Å². The number of hydrogen-bond acceptors (Lipinski definition) is 3. The van der Waals surface area contributed by atoms with Gasteiger partial charge in [0, 0.05) is 19.0 Å². The molecule has 2 rings (SSSR count). The van der Waals surface area contributed by atoms with Gasteiger partial charge in [-0.2, -0.15) is 0 Å². The maximum atomic E-state index is 5.98. The van der Waals surface area contributed by atoms with Gasteiger partial charge in [0.05, 0.1) is 13.1 Å². The Morgan fingerprint density at radius 3 is 2.60 bits per heavy atom. The van der Waals surface area contributed by atoms with Crippen LogP contribution in [0.25, 0.3) is 0 Å². The lowest BCUT2D eigenvalue weighted by Gasteiger charge is -2.25. The number of para-hydroxylation sites is 1. The highest BCUT2D eigenvalue weighted by atomic mass is 127. The number of aliphatic imine (C=N–C) groups is 1. The molecule has 0 spiro atoms. The summed E-state index contributed by atoms with van der Waals surface area (Å²) in [4.78, 5) is 7.16. The van der Waals surface area contributed by atoms with E-state index in [1.807, 2.05) is 12.1 Å². The highest BCUT2D eigenvalue weighted by Gasteiger charge is 2.22. The Labute approximate surface area is 169 Å². The molecule has 0 amide bonds. The van der Waals surface area contributed by atoms with Crippen LogP contribution in [0.3, 0.4) is 0 Å². The van der Waals surface area contributed by atoms with E-state index < -0.39 is 0 Å². The van der Waals surface area contributed by atoms with Gasteiger partial charge in [0.25, 0.3) is 0 Å². The predicted octanol–water partition coefficient (Wildman–Crippen LogP) is 2.89. The molecule has 2 unspecified atom stereocenters. The molecule has 0 aromatic heterocycles. The van der Waals surface area contributed by atoms with E-state index in [2.05, 4.69) is 55.4 Å². The summed E-state index contributed by atoms with van der Waals surface area (Å²) in [6, 6.07) is 8.72. The van der Waals surface area contributed by atoms with Gasteiger partial charge >= 0.3 is 0 Å². The van der Waals surface area contributed by atoms with Crippen molar-refractivity contribution in [2.24, 2.45) is 4.99 Å². The fraction of sp³-hybridized carbons (Fsp3) is 0.632. The average molecular weight is 460 g/mol. The molecule has 1 aromatic carbocycles. The van der Waals surface area contributed by atoms with E-state index in [0.29, 0.717) is 6.04 Å². The van der Waals surface area contributed by atoms with Crippen LogP contribution in [0.1, 0.15) is 33.3 Å². The third-order valence-corrected chi connectivity index (χ3v) is 4.50. The second kappa shape index (κ2) is 11.6. The van der Waals surface area contributed by atoms with E-state index in [0.717, 1.165) is 50.9 Å². The topological polar surface area (TPSA) is 48.9 Å². The minimum Gasteiger partial charge on any atom is -0.488 e. The van der Waals surface area contributed by atoms with E-state index in [4.69, 9.17) is 9.73 Å². The zero-order chi connectivity index (χ0) is 17.4. The summed E-state index contributed by atoms with van der Waals surface area (Å²) in [5.41, 5.74) is 1.29. The van der Waals surface area contributed by atoms with Gasteiger partial charge in [0.2, 0.25) is 0 Å². The first kappa shape index (κ1) is 22.0. The van der Waals surface area contributed by atoms with Crippen molar-refractivity contribution in [3.8, 4) is 5.75 Å². The maximum absolute atomic E-state index is 5.98. The molecule has 1 aliphatic heterocycles. The van der Waals surface area contributed by atoms with E-state index in [1.165, 1.54) is 5.56 Å². The molecule has 0 saturated heterocycles. The molecule has 0 saturated carbocycles. The van der Waals surface area contributed by atoms with Crippen LogP contribution in [0.2, 0.25) is 0 Å². The summed E-state index contributed by atoms with van der Waals surface area (Å²) >= 11 is 0. The fourth-order valence-corrected chi connectivity index (χ4v) is 3.11. The normalized spacial score (nSPS) is 17.5. The SMILES string of the molecule is CCNC(=NCC(C)N(CC)CC)NCC1Cc2ccccc2O1.I. The van der Waals surface area contributed by atoms with Gasteiger partial charge in [-0.25, -0.2) is 0 Å². The molecule has 5 nitrogen and oxygen atoms in total. The average Bonchev–Trinajstić information content (AvgIpc) is 3.01. The van der Waals surface area contributed by atoms with Crippen LogP contribution in [0.4, 0.5) is 0 Å². The number of benzene rings is 1. The Hall–Kier alpha value is -1.02. The zero-order valence-electron chi connectivity index (χ0n) is 15.9. The second-order valence-corrected chi connectivity index (χ2v) is 6.22. The summed E-state index contributed by atoms with van der Waals surface area (Å²) in [6.07, 6.45) is 1.13. The highest BCUT2D eigenvalue weighted by molar-refractivity contribution is 14.0. The molecule has 2 atom stereocenters. The number of guanidine groups is 1. The molecule has 25 heavy (non-hydrogen) atoms. The largest absolute Gasteiger partial charge is 0.488 e. The van der Waals surface area contributed by atoms with Crippen molar-refractivity contribution >= 4 is 29.9 Å². The first-order valence-corrected chi connectivity index (χ1v) is 9.18. The van der Waals surface area contributed by atoms with Gasteiger partial charge in [-0.3, -0.25) is 9.89 Å². The Bertz CT molecular complexity index is 509. The van der Waals surface area contributed by atoms with Gasteiger partial charge < -0.3 is 15.4 Å². The molecular formula is C19H33IN4O. The number of ether oxygens (including phenoxy) is 1. The molecule has 6 heteroatoms. The van der Waals surface area contributed by atoms with Crippen molar-refractivity contribution in [1.29, 1.82) is 0 Å². The number of hydrogen-bond donors (Lipinski definition) is 2. The lowest BCUT2D eigenvalue weighted by Crippen LogP contribution is -2.43. The lowest BCUT2D eigenvalue weighted by molar-refractivity contribution is 0.233. The fourth-order valence-electron chi connectivity index (χ4n) is 3.11. The number of halogens is 1. The van der Waals surface area contributed by atoms with Crippen LogP contribution in [0, 0.1) is 0 Å². The minimum absolute atomic E-state index is 0. The Morgan fingerprint density at radius 1 is 1.24 bits per heavy atom. The number of nitrogens with zero attached hydrogens (tertiary/aromatic N) is 2. The Morgan fingerprint density at radius 2 is 1.96 bits per heavy atom. The second-order valence-electron chi connectivity index (χ2n) is 6.22. The van der Waals surface area contributed by atoms with Crippen molar-refractivity contribution < 1.29 is 4.74 Å². The summed E-state index contributed by atoms with van der Waals surface area (Å²) < 4.78 is 5.98. The molecule has 0 fully saturated rings. The number of likely N-dealkylation sites (N-methyl/N-ethyl adjacent to an activating group) is 1. The molecule has 1 aliphatic rings. The van der Waals surface area contributed by atoms with Crippen LogP contribution in [-0.4, -0.2) is 55.7 Å². The van der Waals surface area contributed by atoms with Gasteiger partial charge in [-0.15, -0.1) is 24.0 Å². The van der Waals surface area contributed by atoms with E-state index in [1.54, 1.807) is 0 Å². The predicted molar refractivity (Wildman–Crippen MR) is 116 cm³/mol. The van der Waals surface area contributed by atoms with Crippen molar-refractivity contribution in [2.75, 3.05) is 32.7 Å². The zero-order valence-corrected chi connectivity index (χ0v) is 18.2. The number of fused-ring (bicyclic) bond motifs is 1. The molecule has 1 heterocycles. The number of rotatable bonds is 8. The van der Waals surface area contributed by atoms with Crippen molar-refractivity contribution in [3.05, 3.63) is 29.8 Å². The summed E-state index contributed by atoms with van der Waals surface area (Å²) in [7, 11) is 0. The lowest BCUT2D eigenvalue weighted by atomic mass is 10.1. The third kappa shape index (κ3) is 6.66. The summed E-state index contributed by atoms with van der Waals surface area (Å²) in [5, 5.41) is 6.75. The number of nitrogens with one attached hydrogen (secondary N) is 2. The molecule has 142 valence electrons. The van der Waals surface area contributed by atoms with E-state index >= 15 is 0 Å². The van der Waals surface area contributed by atoms with Gasteiger partial charge in [0.15, 0.2) is 5.96 Å². The van der Waals surface area contributed by atoms with Crippen molar-refractivity contribution in [1.82, 2.24) is 15.5 Å². The summed E-state index contributed by atoms with van der Waals surface area (Å²) in [5.74, 6) is 1.89. The third-order valence-electron chi connectivity index (χ3n) is 4.50. The molecule has 0 aliphatic carbocycles. The minimum atomic E-state index is 0. The summed E-state index contributed by atoms with van der Waals surface area (Å²) in [6.45, 7) is 13.3. The van der Waals surface area contributed by atoms with Crippen LogP contribution in [0.5, 0.6) is 5.75 Å². The smallest absolute Gasteiger partial charge is 0.191 e. The van der Waals surface area contributed by atoms with Crippen molar-refractivity contribution in [2.45, 2.75) is 46.3 Å². The molecule has 0 bridgehead atoms. The van der Waals surface area contributed by atoms with Crippen LogP contribution < -0.4 is 15.4 Å². The van der Waals surface area contributed by atoms with Crippen molar-refractivity contribution in [3.63, 3.8) is 0 Å². The van der Waals surface area contributed by atoms with E-state index in [-0.39, 0.29) is 30.1 Å². The van der Waals surface area contributed by atoms with Crippen LogP contribution in [0.15, 0.2) is 29.3 Å². The quantitative estimate of drug-likeness (QED) is 0.356. The Balaban J connectivity index is 0.00000312. The molecule has 1 aromatic rings. The highest BCUT2D eigenvalue weighted by Crippen LogP contribution is 2.27. The molecule has 0 radical (unpaired) electrons. The van der Waals surface area contributed by atoms with Gasteiger partial charge in [-0.1, -0.05) is 32.0 Å². The molecular weight excluding hydrogens is 427 g/mol. The standard InChI is InChI=1S/C19H32N4O.HI/c1-5-20-19(21-13-15(4)23(6-2)7-3)22-14-17-12-16-10-8-9-11-18(16)24-17;/h8-11,15,17H,5-7,12-14H2,1-4H3,(H2,20,21,22);1H. The monoisotopic (exact) mass is 460 g/mol. The first-order valence-electron chi connectivity index (χ1n) is 9.18. The molecule has 2 N–H and O–H groups in total. The van der Waals surface area contributed by atoms with Crippen LogP contribution in [-0.2, 0) is 6.42 Å². The van der Waals surface area contributed by atoms with Gasteiger partial charge in [-0.05, 0) is 38.6 Å². The maximum Gasteiger partial charge on any atom is 0.191 e. The Kier molecular flexibility index (Phi) is 10.2. The first-order chi connectivity index (χ1) is 11.7.